The van der Waals surface area contributed by atoms with Crippen molar-refractivity contribution in [3.63, 3.8) is 0 Å². The summed E-state index contributed by atoms with van der Waals surface area (Å²) in [5.74, 6) is -0.453. The molecule has 1 aliphatic rings. The lowest BCUT2D eigenvalue weighted by Gasteiger charge is -2.15. The zero-order valence-corrected chi connectivity index (χ0v) is 14.2. The van der Waals surface area contributed by atoms with Gasteiger partial charge in [-0.25, -0.2) is 4.98 Å². The van der Waals surface area contributed by atoms with Gasteiger partial charge in [-0.15, -0.1) is 0 Å². The molecule has 0 radical (unpaired) electrons. The Morgan fingerprint density at radius 1 is 1.19 bits per heavy atom. The fourth-order valence-corrected chi connectivity index (χ4v) is 3.18. The second kappa shape index (κ2) is 6.95. The van der Waals surface area contributed by atoms with Gasteiger partial charge >= 0.3 is 0 Å². The Labute approximate surface area is 150 Å². The van der Waals surface area contributed by atoms with E-state index in [-0.39, 0.29) is 24.2 Å². The minimum absolute atomic E-state index is 0.0106. The van der Waals surface area contributed by atoms with E-state index < -0.39 is 0 Å². The summed E-state index contributed by atoms with van der Waals surface area (Å²) in [5, 5.41) is 2.90. The molecular weight excluding hydrogens is 330 g/mol. The van der Waals surface area contributed by atoms with Crippen LogP contribution in [0.15, 0.2) is 55.0 Å². The Hall–Kier alpha value is -3.22. The van der Waals surface area contributed by atoms with E-state index in [1.807, 2.05) is 53.2 Å². The largest absolute Gasteiger partial charge is 0.350 e. The van der Waals surface area contributed by atoms with Crippen LogP contribution in [0.3, 0.4) is 0 Å². The summed E-state index contributed by atoms with van der Waals surface area (Å²) in [6.07, 6.45) is 5.75. The van der Waals surface area contributed by atoms with Crippen molar-refractivity contribution in [3.8, 4) is 0 Å². The highest BCUT2D eigenvalue weighted by molar-refractivity contribution is 5.89. The van der Waals surface area contributed by atoms with E-state index in [9.17, 15) is 9.59 Å². The number of imidazole rings is 1. The molecule has 26 heavy (non-hydrogen) atoms. The lowest BCUT2D eigenvalue weighted by atomic mass is 10.1. The van der Waals surface area contributed by atoms with Crippen molar-refractivity contribution < 1.29 is 9.59 Å². The van der Waals surface area contributed by atoms with Gasteiger partial charge in [0, 0.05) is 31.6 Å². The van der Waals surface area contributed by atoms with Crippen molar-refractivity contribution in [1.29, 1.82) is 0 Å². The molecule has 0 saturated carbocycles. The fraction of sp³-hybridized carbons (Fsp3) is 0.263. The maximum Gasteiger partial charge on any atom is 0.225 e. The summed E-state index contributed by atoms with van der Waals surface area (Å²) in [4.78, 5) is 35.0. The summed E-state index contributed by atoms with van der Waals surface area (Å²) in [5.41, 5.74) is 2.46. The van der Waals surface area contributed by atoms with Crippen LogP contribution in [0.2, 0.25) is 0 Å². The summed E-state index contributed by atoms with van der Waals surface area (Å²) >= 11 is 0. The van der Waals surface area contributed by atoms with Crippen molar-refractivity contribution in [2.75, 3.05) is 6.54 Å². The van der Waals surface area contributed by atoms with Crippen LogP contribution in [0.5, 0.6) is 0 Å². The smallest absolute Gasteiger partial charge is 0.225 e. The third-order valence-electron chi connectivity index (χ3n) is 4.52. The van der Waals surface area contributed by atoms with Gasteiger partial charge in [0.25, 0.3) is 0 Å². The molecule has 0 aromatic carbocycles. The van der Waals surface area contributed by atoms with Gasteiger partial charge in [0.1, 0.15) is 5.65 Å². The van der Waals surface area contributed by atoms with Crippen molar-refractivity contribution in [2.24, 2.45) is 5.92 Å². The minimum Gasteiger partial charge on any atom is -0.350 e. The van der Waals surface area contributed by atoms with Gasteiger partial charge in [-0.1, -0.05) is 12.1 Å². The lowest BCUT2D eigenvalue weighted by molar-refractivity contribution is -0.129. The Bertz CT molecular complexity index is 904. The van der Waals surface area contributed by atoms with Crippen LogP contribution < -0.4 is 5.32 Å². The number of pyridine rings is 2. The van der Waals surface area contributed by atoms with E-state index in [2.05, 4.69) is 15.3 Å². The first-order valence-electron chi connectivity index (χ1n) is 8.57. The first kappa shape index (κ1) is 16.3. The van der Waals surface area contributed by atoms with Crippen LogP contribution in [0.1, 0.15) is 17.8 Å². The number of carbonyl (C=O) groups is 2. The van der Waals surface area contributed by atoms with Gasteiger partial charge < -0.3 is 14.6 Å². The van der Waals surface area contributed by atoms with Crippen molar-refractivity contribution >= 4 is 17.5 Å². The Morgan fingerprint density at radius 2 is 2.08 bits per heavy atom. The Morgan fingerprint density at radius 3 is 2.88 bits per heavy atom. The summed E-state index contributed by atoms with van der Waals surface area (Å²) in [7, 11) is 0. The third-order valence-corrected chi connectivity index (χ3v) is 4.52. The maximum atomic E-state index is 12.4. The maximum absolute atomic E-state index is 12.4. The molecule has 2 amide bonds. The fourth-order valence-electron chi connectivity index (χ4n) is 3.18. The second-order valence-electron chi connectivity index (χ2n) is 6.41. The van der Waals surface area contributed by atoms with Crippen LogP contribution in [-0.4, -0.2) is 37.6 Å². The highest BCUT2D eigenvalue weighted by atomic mass is 16.2. The SMILES string of the molecule is O=C(NCc1cn2ccccc2n1)[C@H]1CC(=O)N(Cc2ccccn2)C1. The number of nitrogens with zero attached hydrogens (tertiary/aromatic N) is 4. The second-order valence-corrected chi connectivity index (χ2v) is 6.41. The van der Waals surface area contributed by atoms with Crippen molar-refractivity contribution in [2.45, 2.75) is 19.5 Å². The van der Waals surface area contributed by atoms with Crippen LogP contribution in [0.25, 0.3) is 5.65 Å². The van der Waals surface area contributed by atoms with Gasteiger partial charge in [0.15, 0.2) is 0 Å². The molecule has 132 valence electrons. The Balaban J connectivity index is 1.34. The lowest BCUT2D eigenvalue weighted by Crippen LogP contribution is -2.32. The molecule has 4 rings (SSSR count). The van der Waals surface area contributed by atoms with Gasteiger partial charge in [-0.05, 0) is 24.3 Å². The molecule has 1 saturated heterocycles. The van der Waals surface area contributed by atoms with Crippen LogP contribution >= 0.6 is 0 Å². The van der Waals surface area contributed by atoms with E-state index in [0.717, 1.165) is 17.0 Å². The number of carbonyl (C=O) groups excluding carboxylic acids is 2. The zero-order chi connectivity index (χ0) is 17.9. The molecule has 1 aliphatic heterocycles. The number of amides is 2. The van der Waals surface area contributed by atoms with Crippen molar-refractivity contribution in [1.82, 2.24) is 24.6 Å². The molecule has 7 heteroatoms. The predicted molar refractivity (Wildman–Crippen MR) is 94.8 cm³/mol. The first-order valence-corrected chi connectivity index (χ1v) is 8.57. The van der Waals surface area contributed by atoms with E-state index in [0.29, 0.717) is 19.6 Å². The molecule has 3 aromatic rings. The monoisotopic (exact) mass is 349 g/mol. The quantitative estimate of drug-likeness (QED) is 0.755. The van der Waals surface area contributed by atoms with Crippen LogP contribution in [0, 0.1) is 5.92 Å². The molecule has 0 spiro atoms. The van der Waals surface area contributed by atoms with Crippen molar-refractivity contribution in [3.05, 3.63) is 66.4 Å². The first-order chi connectivity index (χ1) is 12.7. The van der Waals surface area contributed by atoms with Gasteiger partial charge in [-0.2, -0.15) is 0 Å². The highest BCUT2D eigenvalue weighted by Gasteiger charge is 2.34. The van der Waals surface area contributed by atoms with E-state index in [1.54, 1.807) is 11.1 Å². The van der Waals surface area contributed by atoms with Crippen LogP contribution in [0.4, 0.5) is 0 Å². The summed E-state index contributed by atoms with van der Waals surface area (Å²) in [6.45, 7) is 1.22. The minimum atomic E-state index is -0.330. The van der Waals surface area contributed by atoms with Gasteiger partial charge in [0.2, 0.25) is 11.8 Å². The number of nitrogens with one attached hydrogen (secondary N) is 1. The number of fused-ring (bicyclic) bond motifs is 1. The molecule has 4 heterocycles. The summed E-state index contributed by atoms with van der Waals surface area (Å²) in [6, 6.07) is 11.4. The molecule has 7 nitrogen and oxygen atoms in total. The number of likely N-dealkylation sites (tertiary alicyclic amines) is 1. The molecule has 0 aliphatic carbocycles. The average molecular weight is 349 g/mol. The molecule has 0 unspecified atom stereocenters. The number of hydrogen-bond donors (Lipinski definition) is 1. The molecule has 1 N–H and O–H groups in total. The topological polar surface area (TPSA) is 79.6 Å². The molecule has 0 bridgehead atoms. The molecule has 3 aromatic heterocycles. The Kier molecular flexibility index (Phi) is 4.35. The normalized spacial score (nSPS) is 17.0. The third kappa shape index (κ3) is 3.42. The molecule has 1 atom stereocenters. The van der Waals surface area contributed by atoms with E-state index in [4.69, 9.17) is 0 Å². The van der Waals surface area contributed by atoms with E-state index >= 15 is 0 Å². The number of hydrogen-bond acceptors (Lipinski definition) is 4. The highest BCUT2D eigenvalue weighted by Crippen LogP contribution is 2.20. The zero-order valence-electron chi connectivity index (χ0n) is 14.2. The summed E-state index contributed by atoms with van der Waals surface area (Å²) < 4.78 is 1.91. The average Bonchev–Trinajstić information content (AvgIpc) is 3.24. The number of rotatable bonds is 5. The van der Waals surface area contributed by atoms with Crippen LogP contribution in [-0.2, 0) is 22.7 Å². The molecule has 1 fully saturated rings. The standard InChI is InChI=1S/C19H19N5O2/c25-18-9-14(11-24(18)12-15-5-1-3-7-20-15)19(26)21-10-16-13-23-8-4-2-6-17(23)22-16/h1-8,13-14H,9-12H2,(H,21,26)/t14-/m0/s1. The van der Waals surface area contributed by atoms with Gasteiger partial charge in [0.05, 0.1) is 30.4 Å². The predicted octanol–water partition coefficient (Wildman–Crippen LogP) is 1.39. The van der Waals surface area contributed by atoms with E-state index in [1.165, 1.54) is 0 Å². The van der Waals surface area contributed by atoms with Gasteiger partial charge in [-0.3, -0.25) is 14.6 Å². The molecular formula is C19H19N5O2. The number of aromatic nitrogens is 3.